The Morgan fingerprint density at radius 3 is 2.48 bits per heavy atom. The van der Waals surface area contributed by atoms with E-state index in [1.807, 2.05) is 0 Å². The second-order valence-corrected chi connectivity index (χ2v) is 7.84. The summed E-state index contributed by atoms with van der Waals surface area (Å²) in [4.78, 5) is 15.3. The number of hydrogen-bond acceptors (Lipinski definition) is 5. The van der Waals surface area contributed by atoms with Crippen LogP contribution in [0.15, 0.2) is 42.5 Å². The summed E-state index contributed by atoms with van der Waals surface area (Å²) in [5, 5.41) is 16.6. The Bertz CT molecular complexity index is 813. The van der Waals surface area contributed by atoms with Gasteiger partial charge >= 0.3 is 0 Å². The monoisotopic (exact) mass is 397 g/mol. The lowest BCUT2D eigenvalue weighted by Gasteiger charge is -2.34. The number of nitrogens with zero attached hydrogens (tertiary/aromatic N) is 1. The first-order valence-electron chi connectivity index (χ1n) is 10.2. The Labute approximate surface area is 172 Å². The van der Waals surface area contributed by atoms with Gasteiger partial charge in [0.25, 0.3) is 5.91 Å². The third kappa shape index (κ3) is 5.41. The highest BCUT2D eigenvalue weighted by Gasteiger charge is 2.22. The van der Waals surface area contributed by atoms with E-state index in [0.717, 1.165) is 38.2 Å². The SMILES string of the molecule is COc1ccc(NC(=O)c2cccc(O)c2NCC2CCN(C(C)C)CC2)cc1. The molecule has 2 aromatic rings. The van der Waals surface area contributed by atoms with Crippen molar-refractivity contribution in [2.45, 2.75) is 32.7 Å². The number of amides is 1. The summed E-state index contributed by atoms with van der Waals surface area (Å²) in [6.07, 6.45) is 2.23. The predicted octanol–water partition coefficient (Wildman–Crippen LogP) is 4.19. The summed E-state index contributed by atoms with van der Waals surface area (Å²) in [5.74, 6) is 1.09. The molecule has 0 bridgehead atoms. The van der Waals surface area contributed by atoms with Gasteiger partial charge in [-0.15, -0.1) is 0 Å². The molecule has 1 aliphatic heterocycles. The van der Waals surface area contributed by atoms with Crippen LogP contribution < -0.4 is 15.4 Å². The molecule has 29 heavy (non-hydrogen) atoms. The molecule has 1 heterocycles. The highest BCUT2D eigenvalue weighted by Crippen LogP contribution is 2.29. The molecular formula is C23H31N3O3. The fourth-order valence-corrected chi connectivity index (χ4v) is 3.71. The van der Waals surface area contributed by atoms with E-state index in [2.05, 4.69) is 29.4 Å². The number of likely N-dealkylation sites (tertiary alicyclic amines) is 1. The molecule has 156 valence electrons. The Hall–Kier alpha value is -2.73. The van der Waals surface area contributed by atoms with Gasteiger partial charge in [-0.2, -0.15) is 0 Å². The standard InChI is InChI=1S/C23H31N3O3/c1-16(2)26-13-11-17(12-14-26)15-24-22-20(5-4-6-21(22)27)23(28)25-18-7-9-19(29-3)10-8-18/h4-10,16-17,24,27H,11-15H2,1-3H3,(H,25,28). The number of phenols is 1. The summed E-state index contributed by atoms with van der Waals surface area (Å²) in [6, 6.07) is 12.8. The van der Waals surface area contributed by atoms with E-state index in [1.165, 1.54) is 0 Å². The van der Waals surface area contributed by atoms with Crippen LogP contribution in [-0.4, -0.2) is 48.7 Å². The van der Waals surface area contributed by atoms with Gasteiger partial charge in [0, 0.05) is 18.3 Å². The molecule has 0 aromatic heterocycles. The number of carbonyl (C=O) groups is 1. The first-order valence-corrected chi connectivity index (χ1v) is 10.2. The molecule has 0 radical (unpaired) electrons. The summed E-state index contributed by atoms with van der Waals surface area (Å²) in [5.41, 5.74) is 1.59. The first-order chi connectivity index (χ1) is 14.0. The summed E-state index contributed by atoms with van der Waals surface area (Å²) < 4.78 is 5.14. The molecule has 6 nitrogen and oxygen atoms in total. The van der Waals surface area contributed by atoms with Crippen molar-refractivity contribution in [1.29, 1.82) is 0 Å². The number of para-hydroxylation sites is 1. The quantitative estimate of drug-likeness (QED) is 0.611. The van der Waals surface area contributed by atoms with E-state index in [1.54, 1.807) is 49.6 Å². The number of hydrogen-bond donors (Lipinski definition) is 3. The molecule has 2 aromatic carbocycles. The Morgan fingerprint density at radius 2 is 1.86 bits per heavy atom. The number of benzene rings is 2. The maximum Gasteiger partial charge on any atom is 0.257 e. The lowest BCUT2D eigenvalue weighted by Crippen LogP contribution is -2.39. The molecule has 0 atom stereocenters. The Morgan fingerprint density at radius 1 is 1.17 bits per heavy atom. The van der Waals surface area contributed by atoms with Crippen LogP contribution in [-0.2, 0) is 0 Å². The number of aromatic hydroxyl groups is 1. The smallest absolute Gasteiger partial charge is 0.257 e. The van der Waals surface area contributed by atoms with Crippen molar-refractivity contribution in [2.24, 2.45) is 5.92 Å². The van der Waals surface area contributed by atoms with Crippen LogP contribution >= 0.6 is 0 Å². The van der Waals surface area contributed by atoms with E-state index in [-0.39, 0.29) is 11.7 Å². The van der Waals surface area contributed by atoms with Gasteiger partial charge in [0.05, 0.1) is 18.4 Å². The number of piperidine rings is 1. The van der Waals surface area contributed by atoms with Crippen LogP contribution in [0.3, 0.4) is 0 Å². The highest BCUT2D eigenvalue weighted by molar-refractivity contribution is 6.08. The second-order valence-electron chi connectivity index (χ2n) is 7.84. The van der Waals surface area contributed by atoms with Crippen LogP contribution in [0, 0.1) is 5.92 Å². The minimum Gasteiger partial charge on any atom is -0.506 e. The van der Waals surface area contributed by atoms with Crippen molar-refractivity contribution < 1.29 is 14.6 Å². The molecule has 1 amide bonds. The van der Waals surface area contributed by atoms with Crippen LogP contribution in [0.5, 0.6) is 11.5 Å². The van der Waals surface area contributed by atoms with E-state index in [9.17, 15) is 9.90 Å². The van der Waals surface area contributed by atoms with Gasteiger partial charge in [-0.1, -0.05) is 6.07 Å². The summed E-state index contributed by atoms with van der Waals surface area (Å²) in [7, 11) is 1.60. The first kappa shape index (κ1) is 21.0. The second kappa shape index (κ2) is 9.65. The zero-order chi connectivity index (χ0) is 20.8. The van der Waals surface area contributed by atoms with Crippen LogP contribution in [0.1, 0.15) is 37.0 Å². The van der Waals surface area contributed by atoms with Gasteiger partial charge in [-0.25, -0.2) is 0 Å². The van der Waals surface area contributed by atoms with Crippen LogP contribution in [0.25, 0.3) is 0 Å². The minimum absolute atomic E-state index is 0.0898. The Balaban J connectivity index is 1.64. The largest absolute Gasteiger partial charge is 0.506 e. The topological polar surface area (TPSA) is 73.8 Å². The fraction of sp³-hybridized carbons (Fsp3) is 0.435. The summed E-state index contributed by atoms with van der Waals surface area (Å²) >= 11 is 0. The third-order valence-electron chi connectivity index (χ3n) is 5.58. The lowest BCUT2D eigenvalue weighted by atomic mass is 9.95. The van der Waals surface area contributed by atoms with Crippen molar-refractivity contribution in [3.05, 3.63) is 48.0 Å². The molecule has 3 rings (SSSR count). The molecular weight excluding hydrogens is 366 g/mol. The summed E-state index contributed by atoms with van der Waals surface area (Å²) in [6.45, 7) is 7.39. The van der Waals surface area contributed by atoms with Crippen LogP contribution in [0.4, 0.5) is 11.4 Å². The molecule has 0 spiro atoms. The fourth-order valence-electron chi connectivity index (χ4n) is 3.71. The zero-order valence-electron chi connectivity index (χ0n) is 17.4. The van der Waals surface area contributed by atoms with E-state index < -0.39 is 0 Å². The Kier molecular flexibility index (Phi) is 6.99. The zero-order valence-corrected chi connectivity index (χ0v) is 17.4. The molecule has 0 unspecified atom stereocenters. The molecule has 3 N–H and O–H groups in total. The number of nitrogens with one attached hydrogen (secondary N) is 2. The van der Waals surface area contributed by atoms with Gasteiger partial charge < -0.3 is 25.4 Å². The normalized spacial score (nSPS) is 15.3. The number of ether oxygens (including phenoxy) is 1. The van der Waals surface area contributed by atoms with Crippen LogP contribution in [0.2, 0.25) is 0 Å². The molecule has 0 saturated carbocycles. The maximum atomic E-state index is 12.8. The van der Waals surface area contributed by atoms with Crippen molar-refractivity contribution in [2.75, 3.05) is 37.4 Å². The maximum absolute atomic E-state index is 12.8. The van der Waals surface area contributed by atoms with Crippen molar-refractivity contribution >= 4 is 17.3 Å². The third-order valence-corrected chi connectivity index (χ3v) is 5.58. The van der Waals surface area contributed by atoms with Gasteiger partial charge in [-0.05, 0) is 82.1 Å². The molecule has 6 heteroatoms. The molecule has 1 aliphatic rings. The number of anilines is 2. The molecule has 0 aliphatic carbocycles. The number of rotatable bonds is 7. The minimum atomic E-state index is -0.261. The highest BCUT2D eigenvalue weighted by atomic mass is 16.5. The van der Waals surface area contributed by atoms with Gasteiger partial charge in [0.15, 0.2) is 0 Å². The van der Waals surface area contributed by atoms with Gasteiger partial charge in [0.1, 0.15) is 11.5 Å². The van der Waals surface area contributed by atoms with Gasteiger partial charge in [-0.3, -0.25) is 4.79 Å². The van der Waals surface area contributed by atoms with E-state index in [4.69, 9.17) is 4.74 Å². The number of carbonyl (C=O) groups excluding carboxylic acids is 1. The van der Waals surface area contributed by atoms with Crippen molar-refractivity contribution in [1.82, 2.24) is 4.90 Å². The average molecular weight is 398 g/mol. The average Bonchev–Trinajstić information content (AvgIpc) is 2.73. The number of methoxy groups -OCH3 is 1. The van der Waals surface area contributed by atoms with Gasteiger partial charge in [0.2, 0.25) is 0 Å². The van der Waals surface area contributed by atoms with E-state index >= 15 is 0 Å². The number of phenolic OH excluding ortho intramolecular Hbond substituents is 1. The van der Waals surface area contributed by atoms with E-state index in [0.29, 0.717) is 28.9 Å². The predicted molar refractivity (Wildman–Crippen MR) is 117 cm³/mol. The molecule has 1 fully saturated rings. The molecule has 1 saturated heterocycles. The van der Waals surface area contributed by atoms with Crippen molar-refractivity contribution in [3.8, 4) is 11.5 Å². The lowest BCUT2D eigenvalue weighted by molar-refractivity contribution is 0.102. The van der Waals surface area contributed by atoms with Crippen molar-refractivity contribution in [3.63, 3.8) is 0 Å².